The molecular formula is C39H28N2O. The van der Waals surface area contributed by atoms with Crippen LogP contribution in [0, 0.1) is 0 Å². The van der Waals surface area contributed by atoms with Crippen molar-refractivity contribution in [1.29, 1.82) is 0 Å². The summed E-state index contributed by atoms with van der Waals surface area (Å²) in [5.41, 5.74) is 8.52. The number of amidine groups is 1. The summed E-state index contributed by atoms with van der Waals surface area (Å²) in [4.78, 5) is 10.0. The van der Waals surface area contributed by atoms with E-state index in [9.17, 15) is 0 Å². The number of hydrogen-bond acceptors (Lipinski definition) is 2. The lowest BCUT2D eigenvalue weighted by molar-refractivity contribution is 0.669. The molecule has 0 N–H and O–H groups in total. The number of furan rings is 1. The van der Waals surface area contributed by atoms with Gasteiger partial charge in [0.05, 0.1) is 5.70 Å². The molecule has 7 aromatic rings. The fourth-order valence-corrected chi connectivity index (χ4v) is 5.53. The third kappa shape index (κ3) is 4.71. The van der Waals surface area contributed by atoms with Crippen molar-refractivity contribution >= 4 is 50.0 Å². The Bertz CT molecular complexity index is 2150. The normalized spacial score (nSPS) is 12.3. The molecule has 0 bridgehead atoms. The summed E-state index contributed by atoms with van der Waals surface area (Å²) in [6.45, 7) is 6.30. The van der Waals surface area contributed by atoms with Crippen LogP contribution in [-0.2, 0) is 0 Å². The Balaban J connectivity index is 1.41. The first-order valence-corrected chi connectivity index (χ1v) is 14.0. The first-order chi connectivity index (χ1) is 20.7. The van der Waals surface area contributed by atoms with E-state index in [1.165, 1.54) is 5.39 Å². The van der Waals surface area contributed by atoms with Crippen LogP contribution in [0.4, 0.5) is 0 Å². The van der Waals surface area contributed by atoms with E-state index in [1.807, 2.05) is 85.8 Å². The molecular weight excluding hydrogens is 512 g/mol. The van der Waals surface area contributed by atoms with Crippen LogP contribution in [0.15, 0.2) is 161 Å². The summed E-state index contributed by atoms with van der Waals surface area (Å²) in [5, 5.41) is 4.56. The standard InChI is InChI=1S/C39H28N2O/c1-26(28-14-5-3-6-15-28)40-39(29-16-7-4-8-17-29)41-27(2)31-24-30-18-9-10-19-32(30)35(25-31)33-21-13-23-37-38(33)34-20-11-12-22-36(34)42-37/h3-25H,1H2,2H3. The maximum Gasteiger partial charge on any atom is 0.160 e. The van der Waals surface area contributed by atoms with Gasteiger partial charge in [-0.3, -0.25) is 0 Å². The van der Waals surface area contributed by atoms with E-state index >= 15 is 0 Å². The van der Waals surface area contributed by atoms with Crippen LogP contribution in [0.2, 0.25) is 0 Å². The highest BCUT2D eigenvalue weighted by molar-refractivity contribution is 6.18. The molecule has 0 aliphatic carbocycles. The average Bonchev–Trinajstić information content (AvgIpc) is 3.44. The van der Waals surface area contributed by atoms with Gasteiger partial charge in [-0.25, -0.2) is 9.98 Å². The largest absolute Gasteiger partial charge is 0.456 e. The first kappa shape index (κ1) is 25.4. The zero-order valence-corrected chi connectivity index (χ0v) is 23.3. The van der Waals surface area contributed by atoms with Crippen LogP contribution >= 0.6 is 0 Å². The van der Waals surface area contributed by atoms with Gasteiger partial charge in [-0.1, -0.05) is 122 Å². The fraction of sp³-hybridized carbons (Fsp3) is 0.0256. The number of rotatable bonds is 5. The molecule has 1 heterocycles. The Morgan fingerprint density at radius 3 is 1.98 bits per heavy atom. The van der Waals surface area contributed by atoms with E-state index in [1.54, 1.807) is 0 Å². The number of hydrogen-bond donors (Lipinski definition) is 0. The van der Waals surface area contributed by atoms with Crippen LogP contribution < -0.4 is 0 Å². The third-order valence-electron chi connectivity index (χ3n) is 7.63. The second-order valence-corrected chi connectivity index (χ2v) is 10.3. The van der Waals surface area contributed by atoms with Gasteiger partial charge < -0.3 is 4.42 Å². The Hall–Kier alpha value is -5.54. The zero-order valence-electron chi connectivity index (χ0n) is 23.3. The second-order valence-electron chi connectivity index (χ2n) is 10.3. The van der Waals surface area contributed by atoms with Crippen molar-refractivity contribution in [2.75, 3.05) is 0 Å². The van der Waals surface area contributed by atoms with E-state index in [4.69, 9.17) is 14.4 Å². The van der Waals surface area contributed by atoms with Crippen molar-refractivity contribution in [2.24, 2.45) is 9.98 Å². The van der Waals surface area contributed by atoms with Crippen molar-refractivity contribution in [3.63, 3.8) is 0 Å². The van der Waals surface area contributed by atoms with Gasteiger partial charge in [0.1, 0.15) is 11.2 Å². The van der Waals surface area contributed by atoms with E-state index in [2.05, 4.69) is 67.2 Å². The van der Waals surface area contributed by atoms with Gasteiger partial charge in [0.2, 0.25) is 0 Å². The molecule has 0 aliphatic heterocycles. The summed E-state index contributed by atoms with van der Waals surface area (Å²) >= 11 is 0. The molecule has 7 rings (SSSR count). The quantitative estimate of drug-likeness (QED) is 0.158. The second kappa shape index (κ2) is 10.8. The highest BCUT2D eigenvalue weighted by atomic mass is 16.3. The van der Waals surface area contributed by atoms with Crippen LogP contribution in [0.5, 0.6) is 0 Å². The Labute approximate surface area is 244 Å². The molecule has 0 fully saturated rings. The van der Waals surface area contributed by atoms with E-state index in [0.29, 0.717) is 11.5 Å². The Kier molecular flexibility index (Phi) is 6.54. The molecule has 0 radical (unpaired) electrons. The summed E-state index contributed by atoms with van der Waals surface area (Å²) < 4.78 is 6.23. The lowest BCUT2D eigenvalue weighted by Crippen LogP contribution is -2.04. The van der Waals surface area contributed by atoms with E-state index in [0.717, 1.165) is 60.9 Å². The number of fused-ring (bicyclic) bond motifs is 4. The predicted molar refractivity (Wildman–Crippen MR) is 177 cm³/mol. The van der Waals surface area contributed by atoms with Crippen molar-refractivity contribution in [3.8, 4) is 11.1 Å². The lowest BCUT2D eigenvalue weighted by atomic mass is 9.92. The van der Waals surface area contributed by atoms with Gasteiger partial charge in [-0.15, -0.1) is 0 Å². The minimum absolute atomic E-state index is 0.625. The SMILES string of the molecule is C=C(N=C(N=C(C)c1cc(-c2cccc3oc4ccccc4c23)c2ccccc2c1)c1ccccc1)c1ccccc1. The Morgan fingerprint density at radius 2 is 1.19 bits per heavy atom. The number of nitrogens with zero attached hydrogens (tertiary/aromatic N) is 2. The van der Waals surface area contributed by atoms with Crippen molar-refractivity contribution < 1.29 is 4.42 Å². The van der Waals surface area contributed by atoms with Gasteiger partial charge in [0.25, 0.3) is 0 Å². The predicted octanol–water partition coefficient (Wildman–Crippen LogP) is 10.3. The van der Waals surface area contributed by atoms with Gasteiger partial charge in [0.15, 0.2) is 5.84 Å². The molecule has 3 heteroatoms. The molecule has 0 saturated heterocycles. The molecule has 0 spiro atoms. The molecule has 0 saturated carbocycles. The topological polar surface area (TPSA) is 37.9 Å². The van der Waals surface area contributed by atoms with Crippen LogP contribution in [0.1, 0.15) is 23.6 Å². The summed E-state index contributed by atoms with van der Waals surface area (Å²) in [6.07, 6.45) is 0. The molecule has 0 aliphatic rings. The number of benzene rings is 6. The first-order valence-electron chi connectivity index (χ1n) is 14.0. The number of aliphatic imine (C=N–C) groups is 2. The monoisotopic (exact) mass is 540 g/mol. The van der Waals surface area contributed by atoms with Crippen LogP contribution in [0.3, 0.4) is 0 Å². The molecule has 0 amide bonds. The zero-order chi connectivity index (χ0) is 28.5. The number of para-hydroxylation sites is 1. The Morgan fingerprint density at radius 1 is 0.548 bits per heavy atom. The van der Waals surface area contributed by atoms with Crippen LogP contribution in [-0.4, -0.2) is 11.5 Å². The summed E-state index contributed by atoms with van der Waals surface area (Å²) in [6, 6.07) is 47.6. The highest BCUT2D eigenvalue weighted by Gasteiger charge is 2.16. The summed E-state index contributed by atoms with van der Waals surface area (Å²) in [5.74, 6) is 0.625. The maximum absolute atomic E-state index is 6.23. The van der Waals surface area contributed by atoms with Crippen LogP contribution in [0.25, 0.3) is 49.5 Å². The minimum atomic E-state index is 0.625. The molecule has 0 unspecified atom stereocenters. The smallest absolute Gasteiger partial charge is 0.160 e. The molecule has 200 valence electrons. The van der Waals surface area contributed by atoms with Gasteiger partial charge in [-0.05, 0) is 64.2 Å². The van der Waals surface area contributed by atoms with Gasteiger partial charge >= 0.3 is 0 Å². The van der Waals surface area contributed by atoms with Gasteiger partial charge in [-0.2, -0.15) is 0 Å². The van der Waals surface area contributed by atoms with E-state index < -0.39 is 0 Å². The van der Waals surface area contributed by atoms with Crippen molar-refractivity contribution in [1.82, 2.24) is 0 Å². The average molecular weight is 541 g/mol. The minimum Gasteiger partial charge on any atom is -0.456 e. The van der Waals surface area contributed by atoms with E-state index in [-0.39, 0.29) is 0 Å². The summed E-state index contributed by atoms with van der Waals surface area (Å²) in [7, 11) is 0. The van der Waals surface area contributed by atoms with Gasteiger partial charge in [0, 0.05) is 22.0 Å². The molecule has 1 aromatic heterocycles. The molecule has 0 atom stereocenters. The van der Waals surface area contributed by atoms with Crippen molar-refractivity contribution in [3.05, 3.63) is 163 Å². The maximum atomic E-state index is 6.23. The van der Waals surface area contributed by atoms with Crippen molar-refractivity contribution in [2.45, 2.75) is 6.92 Å². The lowest BCUT2D eigenvalue weighted by Gasteiger charge is -2.13. The molecule has 6 aromatic carbocycles. The molecule has 3 nitrogen and oxygen atoms in total. The highest BCUT2D eigenvalue weighted by Crippen LogP contribution is 2.39. The fourth-order valence-electron chi connectivity index (χ4n) is 5.53. The molecule has 42 heavy (non-hydrogen) atoms. The third-order valence-corrected chi connectivity index (χ3v) is 7.63.